The molecule has 2 aliphatic heterocycles. The number of fused-ring (bicyclic) bond motifs is 1. The van der Waals surface area contributed by atoms with Gasteiger partial charge in [0.1, 0.15) is 30.3 Å². The maximum Gasteiger partial charge on any atom is 0.244 e. The fourth-order valence-corrected chi connectivity index (χ4v) is 5.80. The summed E-state index contributed by atoms with van der Waals surface area (Å²) in [6, 6.07) is 20.6. The maximum atomic E-state index is 12.9. The molecular formula is C36H33ClN6O4. The predicted octanol–water partition coefficient (Wildman–Crippen LogP) is 6.05. The Morgan fingerprint density at radius 2 is 1.98 bits per heavy atom. The van der Waals surface area contributed by atoms with Crippen molar-refractivity contribution < 1.29 is 19.0 Å². The van der Waals surface area contributed by atoms with Crippen LogP contribution in [0.25, 0.3) is 10.9 Å². The Morgan fingerprint density at radius 3 is 2.74 bits per heavy atom. The lowest BCUT2D eigenvalue weighted by Gasteiger charge is -2.19. The molecule has 47 heavy (non-hydrogen) atoms. The first-order valence-corrected chi connectivity index (χ1v) is 15.8. The Balaban J connectivity index is 1.27. The zero-order valence-corrected chi connectivity index (χ0v) is 26.4. The van der Waals surface area contributed by atoms with Crippen molar-refractivity contribution in [3.8, 4) is 23.6 Å². The Labute approximate surface area is 277 Å². The van der Waals surface area contributed by atoms with Crippen molar-refractivity contribution in [3.63, 3.8) is 0 Å². The van der Waals surface area contributed by atoms with Crippen LogP contribution in [-0.4, -0.2) is 43.3 Å². The normalized spacial score (nSPS) is 15.8. The largest absolute Gasteiger partial charge is 0.487 e. The highest BCUT2D eigenvalue weighted by molar-refractivity contribution is 6.32. The van der Waals surface area contributed by atoms with Gasteiger partial charge in [0.25, 0.3) is 0 Å². The Kier molecular flexibility index (Phi) is 10.1. The van der Waals surface area contributed by atoms with Crippen LogP contribution in [0.15, 0.2) is 72.4 Å². The van der Waals surface area contributed by atoms with E-state index in [0.717, 1.165) is 49.1 Å². The second-order valence-corrected chi connectivity index (χ2v) is 11.8. The number of piperidine rings is 1. The van der Waals surface area contributed by atoms with E-state index in [0.29, 0.717) is 63.1 Å². The number of nitrogens with zero attached hydrogens (tertiary/aromatic N) is 3. The van der Waals surface area contributed by atoms with Gasteiger partial charge in [-0.05, 0) is 67.9 Å². The number of benzene rings is 3. The van der Waals surface area contributed by atoms with Gasteiger partial charge in [0.2, 0.25) is 5.91 Å². The summed E-state index contributed by atoms with van der Waals surface area (Å²) in [7, 11) is 0. The monoisotopic (exact) mass is 648 g/mol. The third-order valence-corrected chi connectivity index (χ3v) is 8.33. The van der Waals surface area contributed by atoms with Crippen molar-refractivity contribution in [2.24, 2.45) is 0 Å². The smallest absolute Gasteiger partial charge is 0.244 e. The number of carbonyl (C=O) groups is 1. The van der Waals surface area contributed by atoms with Gasteiger partial charge in [0.15, 0.2) is 0 Å². The van der Waals surface area contributed by atoms with Crippen LogP contribution in [0.1, 0.15) is 41.5 Å². The van der Waals surface area contributed by atoms with Crippen molar-refractivity contribution in [3.05, 3.63) is 99.7 Å². The molecular weight excluding hydrogens is 616 g/mol. The molecule has 238 valence electrons. The Morgan fingerprint density at radius 1 is 1.11 bits per heavy atom. The highest BCUT2D eigenvalue weighted by atomic mass is 35.5. The molecule has 3 N–H and O–H groups in total. The maximum absolute atomic E-state index is 12.9. The van der Waals surface area contributed by atoms with E-state index >= 15 is 0 Å². The minimum Gasteiger partial charge on any atom is -0.487 e. The standard InChI is InChI=1S/C36H33ClN6O4/c37-31-15-28(4-5-33(31)46-21-25-3-1-2-24(12-25)17-38)43-36-27(18-39)20-41-32-16-34(47-29-8-11-45-22-29)26(14-30(32)36)19-42-35(44)13-23-6-9-40-10-7-23/h1-5,12-16,20,29,40H,6-11,19,21-22H2,(H,41,43)(H,42,44). The molecule has 1 unspecified atom stereocenters. The predicted molar refractivity (Wildman–Crippen MR) is 179 cm³/mol. The van der Waals surface area contributed by atoms with Crippen molar-refractivity contribution in [2.45, 2.75) is 38.5 Å². The lowest BCUT2D eigenvalue weighted by atomic mass is 10.0. The number of halogens is 1. The molecule has 2 fully saturated rings. The summed E-state index contributed by atoms with van der Waals surface area (Å²) >= 11 is 6.61. The second kappa shape index (κ2) is 15.0. The minimum absolute atomic E-state index is 0.104. The van der Waals surface area contributed by atoms with E-state index in [1.807, 2.05) is 30.3 Å². The number of aromatic nitrogens is 1. The molecule has 10 nitrogen and oxygen atoms in total. The van der Waals surface area contributed by atoms with Crippen LogP contribution < -0.4 is 25.4 Å². The summed E-state index contributed by atoms with van der Waals surface area (Å²) < 4.78 is 17.8. The van der Waals surface area contributed by atoms with E-state index in [9.17, 15) is 10.1 Å². The van der Waals surface area contributed by atoms with Gasteiger partial charge in [0, 0.05) is 47.9 Å². The average molecular weight is 649 g/mol. The number of rotatable bonds is 10. The second-order valence-electron chi connectivity index (χ2n) is 11.4. The van der Waals surface area contributed by atoms with Crippen molar-refractivity contribution in [1.82, 2.24) is 15.6 Å². The van der Waals surface area contributed by atoms with Crippen LogP contribution in [0, 0.1) is 22.7 Å². The van der Waals surface area contributed by atoms with Crippen LogP contribution in [0.2, 0.25) is 5.02 Å². The highest BCUT2D eigenvalue weighted by Gasteiger charge is 2.21. The molecule has 0 aliphatic carbocycles. The number of hydrogen-bond donors (Lipinski definition) is 3. The summed E-state index contributed by atoms with van der Waals surface area (Å²) in [5.74, 6) is 0.930. The number of anilines is 2. The van der Waals surface area contributed by atoms with E-state index in [1.54, 1.807) is 30.3 Å². The molecule has 3 heterocycles. The number of hydrogen-bond acceptors (Lipinski definition) is 9. The van der Waals surface area contributed by atoms with E-state index in [4.69, 9.17) is 31.1 Å². The first-order chi connectivity index (χ1) is 23.0. The number of carbonyl (C=O) groups excluding carboxylic acids is 1. The SMILES string of the molecule is N#Cc1cccc(COc2ccc(Nc3c(C#N)cnc4cc(OC5CCOC5)c(CNC(=O)C=C5CCNCC5)cc34)cc2Cl)c1. The molecule has 0 spiro atoms. The van der Waals surface area contributed by atoms with Crippen molar-refractivity contribution in [1.29, 1.82) is 10.5 Å². The van der Waals surface area contributed by atoms with Gasteiger partial charge in [0.05, 0.1) is 46.6 Å². The molecule has 2 saturated heterocycles. The molecule has 1 amide bonds. The van der Waals surface area contributed by atoms with Gasteiger partial charge in [-0.25, -0.2) is 0 Å². The van der Waals surface area contributed by atoms with Crippen LogP contribution >= 0.6 is 11.6 Å². The molecule has 0 bridgehead atoms. The molecule has 2 aliphatic rings. The lowest BCUT2D eigenvalue weighted by Crippen LogP contribution is -2.26. The van der Waals surface area contributed by atoms with Crippen LogP contribution in [0.5, 0.6) is 11.5 Å². The topological polar surface area (TPSA) is 141 Å². The quantitative estimate of drug-likeness (QED) is 0.175. The average Bonchev–Trinajstić information content (AvgIpc) is 3.61. The van der Waals surface area contributed by atoms with Crippen LogP contribution in [-0.2, 0) is 22.7 Å². The van der Waals surface area contributed by atoms with Crippen LogP contribution in [0.4, 0.5) is 11.4 Å². The fraction of sp³-hybridized carbons (Fsp3) is 0.278. The summed E-state index contributed by atoms with van der Waals surface area (Å²) in [6.07, 6.45) is 5.58. The fourth-order valence-electron chi connectivity index (χ4n) is 5.56. The lowest BCUT2D eigenvalue weighted by molar-refractivity contribution is -0.116. The van der Waals surface area contributed by atoms with Gasteiger partial charge in [-0.2, -0.15) is 10.5 Å². The first-order valence-electron chi connectivity index (χ1n) is 15.5. The number of pyridine rings is 1. The van der Waals surface area contributed by atoms with E-state index in [1.165, 1.54) is 6.20 Å². The van der Waals surface area contributed by atoms with Crippen LogP contribution in [0.3, 0.4) is 0 Å². The zero-order valence-electron chi connectivity index (χ0n) is 25.6. The van der Waals surface area contributed by atoms with Gasteiger partial charge in [-0.3, -0.25) is 9.78 Å². The third kappa shape index (κ3) is 8.00. The summed E-state index contributed by atoms with van der Waals surface area (Å²) in [5, 5.41) is 29.9. The number of nitriles is 2. The van der Waals surface area contributed by atoms with Gasteiger partial charge >= 0.3 is 0 Å². The van der Waals surface area contributed by atoms with Crippen molar-refractivity contribution in [2.75, 3.05) is 31.6 Å². The molecule has 6 rings (SSSR count). The van der Waals surface area contributed by atoms with E-state index < -0.39 is 0 Å². The molecule has 0 radical (unpaired) electrons. The zero-order chi connectivity index (χ0) is 32.6. The van der Waals surface area contributed by atoms with Crippen molar-refractivity contribution >= 4 is 39.8 Å². The number of amides is 1. The Hall–Kier alpha value is -5.13. The van der Waals surface area contributed by atoms with E-state index in [-0.39, 0.29) is 25.2 Å². The summed E-state index contributed by atoms with van der Waals surface area (Å²) in [4.78, 5) is 17.4. The third-order valence-electron chi connectivity index (χ3n) is 8.04. The van der Waals surface area contributed by atoms with Gasteiger partial charge in [-0.15, -0.1) is 0 Å². The molecule has 4 aromatic rings. The summed E-state index contributed by atoms with van der Waals surface area (Å²) in [5.41, 5.74) is 5.44. The molecule has 3 aromatic carbocycles. The first kappa shape index (κ1) is 31.8. The molecule has 1 aromatic heterocycles. The number of nitrogens with one attached hydrogen (secondary N) is 3. The minimum atomic E-state index is -0.158. The molecule has 11 heteroatoms. The highest BCUT2D eigenvalue weighted by Crippen LogP contribution is 2.36. The van der Waals surface area contributed by atoms with Gasteiger partial charge < -0.3 is 30.2 Å². The molecule has 1 atom stereocenters. The summed E-state index contributed by atoms with van der Waals surface area (Å²) in [6.45, 7) is 3.34. The number of ether oxygens (including phenoxy) is 3. The van der Waals surface area contributed by atoms with Gasteiger partial charge in [-0.1, -0.05) is 29.3 Å². The molecule has 0 saturated carbocycles. The van der Waals surface area contributed by atoms with E-state index in [2.05, 4.69) is 33.1 Å². The Bertz CT molecular complexity index is 1900.